The molecule has 3 heteroatoms. The standard InChI is InChI=1S/C17H27NO.C2H4O.C2H6/c1-17-10-9-16(19)18-15(17)8-6-13-12-4-2-3-11(12)5-7-14(13)17;1-2-3;1-2/h11-15H,2-10H2,1H3,(H,18,19);2H,1H3;1-2H3. The summed E-state index contributed by atoms with van der Waals surface area (Å²) in [6.45, 7) is 7.93. The van der Waals surface area contributed by atoms with Crippen molar-refractivity contribution in [1.82, 2.24) is 5.32 Å². The maximum atomic E-state index is 11.7. The van der Waals surface area contributed by atoms with Gasteiger partial charge in [-0.1, -0.05) is 33.6 Å². The van der Waals surface area contributed by atoms with Gasteiger partial charge in [-0.15, -0.1) is 0 Å². The first-order valence-corrected chi connectivity index (χ1v) is 10.3. The Kier molecular flexibility index (Phi) is 6.88. The molecule has 4 aliphatic rings. The van der Waals surface area contributed by atoms with E-state index in [1.165, 1.54) is 51.9 Å². The number of hydrogen-bond acceptors (Lipinski definition) is 2. The molecule has 0 aromatic carbocycles. The Balaban J connectivity index is 0.000000378. The van der Waals surface area contributed by atoms with Crippen LogP contribution < -0.4 is 5.32 Å². The van der Waals surface area contributed by atoms with Crippen molar-refractivity contribution < 1.29 is 9.59 Å². The molecule has 6 unspecified atom stereocenters. The van der Waals surface area contributed by atoms with Crippen LogP contribution in [0.1, 0.15) is 85.5 Å². The lowest BCUT2D eigenvalue weighted by atomic mass is 9.50. The largest absolute Gasteiger partial charge is 0.353 e. The van der Waals surface area contributed by atoms with Gasteiger partial charge in [0.1, 0.15) is 6.29 Å². The van der Waals surface area contributed by atoms with Crippen molar-refractivity contribution in [3.63, 3.8) is 0 Å². The number of nitrogens with one attached hydrogen (secondary N) is 1. The molecule has 1 saturated heterocycles. The molecule has 24 heavy (non-hydrogen) atoms. The van der Waals surface area contributed by atoms with Gasteiger partial charge in [0.05, 0.1) is 0 Å². The summed E-state index contributed by atoms with van der Waals surface area (Å²) in [5.74, 6) is 4.27. The average Bonchev–Trinajstić information content (AvgIpc) is 3.07. The van der Waals surface area contributed by atoms with E-state index in [0.717, 1.165) is 42.8 Å². The molecule has 138 valence electrons. The van der Waals surface area contributed by atoms with Gasteiger partial charge in [0, 0.05) is 12.5 Å². The number of amides is 1. The molecule has 6 atom stereocenters. The summed E-state index contributed by atoms with van der Waals surface area (Å²) < 4.78 is 0. The molecule has 1 N–H and O–H groups in total. The fourth-order valence-electron chi connectivity index (χ4n) is 6.32. The van der Waals surface area contributed by atoms with Crippen molar-refractivity contribution in [3.8, 4) is 0 Å². The summed E-state index contributed by atoms with van der Waals surface area (Å²) >= 11 is 0. The maximum absolute atomic E-state index is 11.7. The summed E-state index contributed by atoms with van der Waals surface area (Å²) in [4.78, 5) is 20.5. The molecule has 4 rings (SSSR count). The highest BCUT2D eigenvalue weighted by Gasteiger charge is 2.55. The third kappa shape index (κ3) is 3.55. The van der Waals surface area contributed by atoms with Crippen LogP contribution in [0.15, 0.2) is 0 Å². The van der Waals surface area contributed by atoms with Crippen LogP contribution >= 0.6 is 0 Å². The molecule has 1 heterocycles. The minimum absolute atomic E-state index is 0.301. The van der Waals surface area contributed by atoms with Crippen molar-refractivity contribution in [1.29, 1.82) is 0 Å². The van der Waals surface area contributed by atoms with E-state index < -0.39 is 0 Å². The zero-order valence-electron chi connectivity index (χ0n) is 16.1. The molecule has 3 nitrogen and oxygen atoms in total. The van der Waals surface area contributed by atoms with Crippen molar-refractivity contribution in [2.24, 2.45) is 29.1 Å². The highest BCUT2D eigenvalue weighted by Crippen LogP contribution is 2.59. The van der Waals surface area contributed by atoms with Crippen LogP contribution in [0.4, 0.5) is 0 Å². The normalized spacial score (nSPS) is 42.7. The Bertz CT molecular complexity index is 436. The van der Waals surface area contributed by atoms with Crippen LogP contribution in [-0.4, -0.2) is 18.2 Å². The molecule has 0 aromatic heterocycles. The van der Waals surface area contributed by atoms with Crippen LogP contribution in [0, 0.1) is 29.1 Å². The summed E-state index contributed by atoms with van der Waals surface area (Å²) in [6.07, 6.45) is 12.7. The number of fused-ring (bicyclic) bond motifs is 5. The number of aldehydes is 1. The molecular weight excluding hydrogens is 298 g/mol. The Morgan fingerprint density at radius 2 is 1.75 bits per heavy atom. The number of hydrogen-bond donors (Lipinski definition) is 1. The van der Waals surface area contributed by atoms with E-state index in [2.05, 4.69) is 12.2 Å². The lowest BCUT2D eigenvalue weighted by Crippen LogP contribution is -2.59. The molecular formula is C21H37NO2. The van der Waals surface area contributed by atoms with E-state index >= 15 is 0 Å². The van der Waals surface area contributed by atoms with E-state index in [4.69, 9.17) is 4.79 Å². The van der Waals surface area contributed by atoms with Gasteiger partial charge in [-0.2, -0.15) is 0 Å². The van der Waals surface area contributed by atoms with Crippen LogP contribution in [0.25, 0.3) is 0 Å². The van der Waals surface area contributed by atoms with Crippen LogP contribution in [-0.2, 0) is 9.59 Å². The van der Waals surface area contributed by atoms with E-state index in [-0.39, 0.29) is 0 Å². The first-order chi connectivity index (χ1) is 11.6. The van der Waals surface area contributed by atoms with Gasteiger partial charge in [-0.25, -0.2) is 0 Å². The molecule has 1 amide bonds. The first-order valence-electron chi connectivity index (χ1n) is 10.3. The zero-order valence-corrected chi connectivity index (χ0v) is 16.1. The Morgan fingerprint density at radius 1 is 1.04 bits per heavy atom. The second-order valence-corrected chi connectivity index (χ2v) is 8.14. The fourth-order valence-corrected chi connectivity index (χ4v) is 6.32. The second-order valence-electron chi connectivity index (χ2n) is 8.14. The van der Waals surface area contributed by atoms with Gasteiger partial charge < -0.3 is 10.1 Å². The molecule has 0 aromatic rings. The second kappa shape index (κ2) is 8.49. The van der Waals surface area contributed by atoms with Crippen LogP contribution in [0.3, 0.4) is 0 Å². The van der Waals surface area contributed by atoms with E-state index in [1.807, 2.05) is 13.8 Å². The monoisotopic (exact) mass is 335 g/mol. The Labute approximate surface area is 148 Å². The Hall–Kier alpha value is -0.860. The molecule has 1 aliphatic heterocycles. The van der Waals surface area contributed by atoms with Gasteiger partial charge in [0.25, 0.3) is 0 Å². The van der Waals surface area contributed by atoms with Crippen molar-refractivity contribution >= 4 is 12.2 Å². The van der Waals surface area contributed by atoms with Gasteiger partial charge in [-0.3, -0.25) is 4.79 Å². The topological polar surface area (TPSA) is 46.2 Å². The fraction of sp³-hybridized carbons (Fsp3) is 0.905. The predicted octanol–water partition coefficient (Wildman–Crippen LogP) is 4.74. The number of carbonyl (C=O) groups is 2. The van der Waals surface area contributed by atoms with Gasteiger partial charge >= 0.3 is 0 Å². The van der Waals surface area contributed by atoms with Gasteiger partial charge in [-0.05, 0) is 74.5 Å². The molecule has 0 spiro atoms. The maximum Gasteiger partial charge on any atom is 0.220 e. The third-order valence-corrected chi connectivity index (χ3v) is 7.29. The average molecular weight is 336 g/mol. The molecule has 3 saturated carbocycles. The first kappa shape index (κ1) is 19.5. The number of carbonyl (C=O) groups excluding carboxylic acids is 2. The van der Waals surface area contributed by atoms with Gasteiger partial charge in [0.15, 0.2) is 0 Å². The quantitative estimate of drug-likeness (QED) is 0.650. The minimum Gasteiger partial charge on any atom is -0.353 e. The van der Waals surface area contributed by atoms with E-state index in [9.17, 15) is 4.79 Å². The highest BCUT2D eigenvalue weighted by molar-refractivity contribution is 5.77. The molecule has 4 fully saturated rings. The van der Waals surface area contributed by atoms with Crippen molar-refractivity contribution in [2.75, 3.05) is 0 Å². The summed E-state index contributed by atoms with van der Waals surface area (Å²) in [5, 5.41) is 3.31. The smallest absolute Gasteiger partial charge is 0.220 e. The summed E-state index contributed by atoms with van der Waals surface area (Å²) in [5.41, 5.74) is 0.407. The van der Waals surface area contributed by atoms with Crippen LogP contribution in [0.5, 0.6) is 0 Å². The van der Waals surface area contributed by atoms with Crippen LogP contribution in [0.2, 0.25) is 0 Å². The van der Waals surface area contributed by atoms with E-state index in [0.29, 0.717) is 17.4 Å². The van der Waals surface area contributed by atoms with Gasteiger partial charge in [0.2, 0.25) is 5.91 Å². The SMILES string of the molecule is CC.CC12CCC(=O)NC1CCC1C3CCCC3CCC12.CC=O. The van der Waals surface area contributed by atoms with E-state index in [1.54, 1.807) is 0 Å². The van der Waals surface area contributed by atoms with Crippen molar-refractivity contribution in [2.45, 2.75) is 91.5 Å². The molecule has 3 aliphatic carbocycles. The third-order valence-electron chi connectivity index (χ3n) is 7.29. The Morgan fingerprint density at radius 3 is 2.46 bits per heavy atom. The number of rotatable bonds is 0. The lowest BCUT2D eigenvalue weighted by Gasteiger charge is -2.57. The number of piperidine rings is 1. The highest BCUT2D eigenvalue weighted by atomic mass is 16.1. The summed E-state index contributed by atoms with van der Waals surface area (Å²) in [6, 6.07) is 0.480. The predicted molar refractivity (Wildman–Crippen MR) is 98.6 cm³/mol. The zero-order chi connectivity index (χ0) is 17.7. The summed E-state index contributed by atoms with van der Waals surface area (Å²) in [7, 11) is 0. The minimum atomic E-state index is 0.301. The lowest BCUT2D eigenvalue weighted by molar-refractivity contribution is -0.133. The van der Waals surface area contributed by atoms with Crippen molar-refractivity contribution in [3.05, 3.63) is 0 Å². The molecule has 0 radical (unpaired) electrons. The molecule has 0 bridgehead atoms.